The molecule has 2 N–H and O–H groups in total. The van der Waals surface area contributed by atoms with E-state index in [1.165, 1.54) is 18.2 Å². The summed E-state index contributed by atoms with van der Waals surface area (Å²) in [7, 11) is 0. The zero-order chi connectivity index (χ0) is 26.5. The van der Waals surface area contributed by atoms with Gasteiger partial charge in [0.1, 0.15) is 0 Å². The van der Waals surface area contributed by atoms with Crippen molar-refractivity contribution in [2.24, 2.45) is 0 Å². The third-order valence-electron chi connectivity index (χ3n) is 5.60. The summed E-state index contributed by atoms with van der Waals surface area (Å²) >= 11 is 0. The van der Waals surface area contributed by atoms with E-state index in [1.807, 2.05) is 26.0 Å². The summed E-state index contributed by atoms with van der Waals surface area (Å²) in [6.07, 6.45) is 15.6. The van der Waals surface area contributed by atoms with Crippen LogP contribution in [0.15, 0.2) is 84.1 Å². The van der Waals surface area contributed by atoms with Gasteiger partial charge in [0.05, 0.1) is 12.2 Å². The highest BCUT2D eigenvalue weighted by atomic mass is 16.6. The Labute approximate surface area is 213 Å². The first-order chi connectivity index (χ1) is 17.2. The Bertz CT molecular complexity index is 997. The van der Waals surface area contributed by atoms with E-state index in [4.69, 9.17) is 9.47 Å². The molecule has 2 heterocycles. The van der Waals surface area contributed by atoms with Crippen LogP contribution in [0.2, 0.25) is 0 Å². The van der Waals surface area contributed by atoms with Crippen LogP contribution in [-0.4, -0.2) is 47.3 Å². The summed E-state index contributed by atoms with van der Waals surface area (Å²) in [4.78, 5) is 36.8. The van der Waals surface area contributed by atoms with Crippen LogP contribution >= 0.6 is 0 Å². The minimum absolute atomic E-state index is 0.0369. The number of nitrogens with one attached hydrogen (secondary N) is 1. The predicted molar refractivity (Wildman–Crippen MR) is 140 cm³/mol. The number of ether oxygens (including phenoxy) is 2. The zero-order valence-electron chi connectivity index (χ0n) is 21.3. The molecule has 1 fully saturated rings. The van der Waals surface area contributed by atoms with E-state index < -0.39 is 24.2 Å². The first-order valence-electron chi connectivity index (χ1n) is 12.2. The van der Waals surface area contributed by atoms with Gasteiger partial charge in [-0.05, 0) is 46.1 Å². The van der Waals surface area contributed by atoms with Gasteiger partial charge >= 0.3 is 5.97 Å². The first-order valence-corrected chi connectivity index (χ1v) is 12.2. The summed E-state index contributed by atoms with van der Waals surface area (Å²) in [6, 6.07) is 0. The van der Waals surface area contributed by atoms with Crippen molar-refractivity contribution in [3.05, 3.63) is 84.1 Å². The highest BCUT2D eigenvalue weighted by Crippen LogP contribution is 2.27. The lowest BCUT2D eigenvalue weighted by Crippen LogP contribution is -2.44. The number of allylic oxidation sites excluding steroid dienone is 7. The molecule has 0 aromatic carbocycles. The molecule has 0 aromatic heterocycles. The quantitative estimate of drug-likeness (QED) is 0.198. The van der Waals surface area contributed by atoms with E-state index in [0.717, 1.165) is 23.1 Å². The lowest BCUT2D eigenvalue weighted by atomic mass is 9.95. The number of cyclic esters (lactones) is 1. The second-order valence-corrected chi connectivity index (χ2v) is 9.14. The normalized spacial score (nSPS) is 30.3. The molecule has 0 saturated carbocycles. The van der Waals surface area contributed by atoms with E-state index >= 15 is 0 Å². The van der Waals surface area contributed by atoms with Gasteiger partial charge in [-0.3, -0.25) is 9.59 Å². The third kappa shape index (κ3) is 11.0. The molecule has 194 valence electrons. The van der Waals surface area contributed by atoms with Crippen LogP contribution in [0.3, 0.4) is 0 Å². The van der Waals surface area contributed by atoms with Crippen LogP contribution in [0.4, 0.5) is 0 Å². The Balaban J connectivity index is 2.28. The van der Waals surface area contributed by atoms with Crippen molar-refractivity contribution in [2.75, 3.05) is 0 Å². The molecule has 7 nitrogen and oxygen atoms in total. The Morgan fingerprint density at radius 1 is 1.17 bits per heavy atom. The van der Waals surface area contributed by atoms with Crippen LogP contribution in [0.25, 0.3) is 0 Å². The number of carbonyl (C=O) groups is 3. The molecule has 0 radical (unpaired) electrons. The zero-order valence-corrected chi connectivity index (χ0v) is 21.3. The van der Waals surface area contributed by atoms with E-state index in [9.17, 15) is 19.5 Å². The van der Waals surface area contributed by atoms with E-state index in [0.29, 0.717) is 12.8 Å². The second-order valence-electron chi connectivity index (χ2n) is 9.14. The van der Waals surface area contributed by atoms with Crippen molar-refractivity contribution in [1.29, 1.82) is 0 Å². The number of hydrogen-bond donors (Lipinski definition) is 2. The minimum Gasteiger partial charge on any atom is -0.454 e. The summed E-state index contributed by atoms with van der Waals surface area (Å²) in [5.41, 5.74) is 2.67. The molecule has 4 atom stereocenters. The molecule has 1 amide bonds. The topological polar surface area (TPSA) is 102 Å². The van der Waals surface area contributed by atoms with Gasteiger partial charge in [0.15, 0.2) is 18.1 Å². The number of ketones is 1. The van der Waals surface area contributed by atoms with Crippen molar-refractivity contribution in [1.82, 2.24) is 5.32 Å². The molecule has 0 unspecified atom stereocenters. The number of amides is 1. The highest BCUT2D eigenvalue weighted by Gasteiger charge is 2.26. The fourth-order valence-electron chi connectivity index (χ4n) is 3.96. The highest BCUT2D eigenvalue weighted by molar-refractivity contribution is 5.91. The smallest absolute Gasteiger partial charge is 0.331 e. The lowest BCUT2D eigenvalue weighted by molar-refractivity contribution is -0.151. The Kier molecular flexibility index (Phi) is 12.0. The van der Waals surface area contributed by atoms with Crippen molar-refractivity contribution < 1.29 is 29.0 Å². The SMILES string of the molecule is C=C1C[C@@H]2C/C=C/C(=O)C/C(C)=C/C=C/C(=O)O[C@H]([C@H](O)NC(=O)/C=C\C=C\C)C/C(C)=C/[C@H](C1)O2. The van der Waals surface area contributed by atoms with Crippen molar-refractivity contribution in [3.8, 4) is 0 Å². The van der Waals surface area contributed by atoms with Gasteiger partial charge in [-0.25, -0.2) is 4.79 Å². The maximum Gasteiger partial charge on any atom is 0.331 e. The van der Waals surface area contributed by atoms with Crippen molar-refractivity contribution in [2.45, 2.75) is 77.4 Å². The van der Waals surface area contributed by atoms with Gasteiger partial charge < -0.3 is 19.9 Å². The van der Waals surface area contributed by atoms with Crippen LogP contribution in [0.1, 0.15) is 52.9 Å². The number of rotatable bonds is 4. The number of fused-ring (bicyclic) bond motifs is 2. The fraction of sp³-hybridized carbons (Fsp3) is 0.414. The molecule has 2 rings (SSSR count). The molecule has 7 heteroatoms. The summed E-state index contributed by atoms with van der Waals surface area (Å²) in [5.74, 6) is -1.23. The van der Waals surface area contributed by atoms with Crippen molar-refractivity contribution >= 4 is 17.7 Å². The largest absolute Gasteiger partial charge is 0.454 e. The van der Waals surface area contributed by atoms with Crippen LogP contribution in [-0.2, 0) is 23.9 Å². The number of aliphatic hydroxyl groups excluding tert-OH is 1. The van der Waals surface area contributed by atoms with E-state index in [-0.39, 0.29) is 30.8 Å². The lowest BCUT2D eigenvalue weighted by Gasteiger charge is -2.30. The van der Waals surface area contributed by atoms with Crippen molar-refractivity contribution in [3.63, 3.8) is 0 Å². The molecule has 36 heavy (non-hydrogen) atoms. The molecule has 1 saturated heterocycles. The Morgan fingerprint density at radius 3 is 2.69 bits per heavy atom. The Hall–Kier alpha value is -3.29. The maximum absolute atomic E-state index is 12.5. The predicted octanol–water partition coefficient (Wildman–Crippen LogP) is 4.33. The maximum atomic E-state index is 12.5. The van der Waals surface area contributed by atoms with Gasteiger partial charge in [-0.2, -0.15) is 0 Å². The van der Waals surface area contributed by atoms with Gasteiger partial charge in [-0.1, -0.05) is 65.8 Å². The Morgan fingerprint density at radius 2 is 1.94 bits per heavy atom. The first kappa shape index (κ1) is 28.9. The summed E-state index contributed by atoms with van der Waals surface area (Å²) in [6.45, 7) is 9.61. The molecular weight excluding hydrogens is 458 g/mol. The number of aliphatic hydroxyl groups is 1. The molecule has 2 aliphatic heterocycles. The average molecular weight is 496 g/mol. The standard InChI is InChI=1S/C29H37NO6/c1-5-6-7-13-27(32)30-29(34)26-19-22(4)18-25-17-21(3)16-24(35-25)12-9-11-23(31)15-20(2)10-8-14-28(33)36-26/h5-11,13-14,18,24-26,29,34H,3,12,15-17,19H2,1-2,4H3,(H,30,32)/b6-5+,11-9+,13-7-,14-8+,20-10+,22-18+/t24-,25-,26-,29-/m0/s1. The minimum atomic E-state index is -1.42. The molecule has 0 aromatic rings. The molecule has 0 aliphatic carbocycles. The molecule has 2 aliphatic rings. The van der Waals surface area contributed by atoms with Gasteiger partial charge in [0.25, 0.3) is 0 Å². The van der Waals surface area contributed by atoms with Gasteiger partial charge in [-0.15, -0.1) is 0 Å². The summed E-state index contributed by atoms with van der Waals surface area (Å²) in [5, 5.41) is 13.1. The number of esters is 1. The molecule has 2 bridgehead atoms. The van der Waals surface area contributed by atoms with Gasteiger partial charge in [0.2, 0.25) is 5.91 Å². The van der Waals surface area contributed by atoms with Crippen LogP contribution in [0.5, 0.6) is 0 Å². The van der Waals surface area contributed by atoms with E-state index in [2.05, 4.69) is 11.9 Å². The van der Waals surface area contributed by atoms with E-state index in [1.54, 1.807) is 37.3 Å². The monoisotopic (exact) mass is 495 g/mol. The van der Waals surface area contributed by atoms with Crippen LogP contribution in [0, 0.1) is 0 Å². The second kappa shape index (κ2) is 15.0. The summed E-state index contributed by atoms with van der Waals surface area (Å²) < 4.78 is 11.7. The number of hydrogen-bond acceptors (Lipinski definition) is 6. The number of carbonyl (C=O) groups excluding carboxylic acids is 3. The fourth-order valence-corrected chi connectivity index (χ4v) is 3.96. The van der Waals surface area contributed by atoms with Gasteiger partial charge in [0, 0.05) is 25.0 Å². The third-order valence-corrected chi connectivity index (χ3v) is 5.60. The van der Waals surface area contributed by atoms with Crippen LogP contribution < -0.4 is 5.32 Å². The molecule has 0 spiro atoms. The molecular formula is C29H37NO6. The average Bonchev–Trinajstić information content (AvgIpc) is 2.77.